The van der Waals surface area contributed by atoms with Crippen LogP contribution < -0.4 is 5.32 Å². The van der Waals surface area contributed by atoms with Crippen molar-refractivity contribution >= 4 is 36.2 Å². The van der Waals surface area contributed by atoms with Gasteiger partial charge < -0.3 is 5.32 Å². The van der Waals surface area contributed by atoms with E-state index in [2.05, 4.69) is 33.8 Å². The molecule has 122 valence electrons. The van der Waals surface area contributed by atoms with E-state index in [4.69, 9.17) is 0 Å². The molecule has 1 N–H and O–H groups in total. The van der Waals surface area contributed by atoms with Crippen molar-refractivity contribution in [1.29, 1.82) is 0 Å². The van der Waals surface area contributed by atoms with Crippen LogP contribution in [0, 0.1) is 12.7 Å². The van der Waals surface area contributed by atoms with Crippen LogP contribution in [-0.4, -0.2) is 31.1 Å². The van der Waals surface area contributed by atoms with E-state index in [0.29, 0.717) is 5.56 Å². The Bertz CT molecular complexity index is 572. The van der Waals surface area contributed by atoms with Crippen LogP contribution in [0.4, 0.5) is 4.39 Å². The Hall–Kier alpha value is -0.650. The second kappa shape index (κ2) is 8.85. The number of halogens is 3. The smallest absolute Gasteiger partial charge is 0.126 e. The van der Waals surface area contributed by atoms with Gasteiger partial charge in [0.2, 0.25) is 0 Å². The summed E-state index contributed by atoms with van der Waals surface area (Å²) in [4.78, 5) is 3.72. The first-order valence-corrected chi connectivity index (χ1v) is 7.88. The quantitative estimate of drug-likeness (QED) is 0.886. The number of piperazine rings is 1. The fourth-order valence-corrected chi connectivity index (χ4v) is 3.61. The Morgan fingerprint density at radius 2 is 1.91 bits per heavy atom. The Morgan fingerprint density at radius 1 is 1.18 bits per heavy atom. The molecule has 6 heteroatoms. The molecular weight excluding hydrogens is 342 g/mol. The van der Waals surface area contributed by atoms with Crippen molar-refractivity contribution < 1.29 is 4.39 Å². The van der Waals surface area contributed by atoms with Gasteiger partial charge >= 0.3 is 0 Å². The molecule has 2 nitrogen and oxygen atoms in total. The van der Waals surface area contributed by atoms with E-state index in [0.717, 1.165) is 31.7 Å². The maximum Gasteiger partial charge on any atom is 0.126 e. The summed E-state index contributed by atoms with van der Waals surface area (Å²) in [6.07, 6.45) is 0. The van der Waals surface area contributed by atoms with Crippen molar-refractivity contribution in [2.24, 2.45) is 0 Å². The highest BCUT2D eigenvalue weighted by atomic mass is 35.5. The van der Waals surface area contributed by atoms with Crippen LogP contribution in [0.3, 0.4) is 0 Å². The van der Waals surface area contributed by atoms with Gasteiger partial charge in [0, 0.05) is 31.1 Å². The average molecular weight is 363 g/mol. The molecule has 0 aliphatic carbocycles. The van der Waals surface area contributed by atoms with Gasteiger partial charge in [0.1, 0.15) is 5.82 Å². The SMILES string of the molecule is Cc1ccc([C@@H](c2cccs2)N2CCNCC2)cc1F.Cl.Cl. The van der Waals surface area contributed by atoms with E-state index in [-0.39, 0.29) is 36.7 Å². The van der Waals surface area contributed by atoms with Gasteiger partial charge in [-0.15, -0.1) is 36.2 Å². The van der Waals surface area contributed by atoms with Crippen LogP contribution >= 0.6 is 36.2 Å². The van der Waals surface area contributed by atoms with Crippen molar-refractivity contribution in [1.82, 2.24) is 10.2 Å². The largest absolute Gasteiger partial charge is 0.314 e. The van der Waals surface area contributed by atoms with Crippen molar-refractivity contribution in [2.75, 3.05) is 26.2 Å². The van der Waals surface area contributed by atoms with Crippen LogP contribution in [0.1, 0.15) is 22.0 Å². The Morgan fingerprint density at radius 3 is 2.50 bits per heavy atom. The minimum absolute atomic E-state index is 0. The number of rotatable bonds is 3. The monoisotopic (exact) mass is 362 g/mol. The second-order valence-electron chi connectivity index (χ2n) is 5.21. The van der Waals surface area contributed by atoms with Crippen LogP contribution in [0.15, 0.2) is 35.7 Å². The summed E-state index contributed by atoms with van der Waals surface area (Å²) >= 11 is 1.75. The molecule has 1 aliphatic heterocycles. The third-order valence-corrected chi connectivity index (χ3v) is 4.77. The lowest BCUT2D eigenvalue weighted by molar-refractivity contribution is 0.200. The van der Waals surface area contributed by atoms with Crippen LogP contribution in [0.25, 0.3) is 0 Å². The Kier molecular flexibility index (Phi) is 7.80. The lowest BCUT2D eigenvalue weighted by atomic mass is 10.0. The molecule has 1 aromatic carbocycles. The Balaban J connectivity index is 0.00000121. The molecule has 1 atom stereocenters. The minimum Gasteiger partial charge on any atom is -0.314 e. The fourth-order valence-electron chi connectivity index (χ4n) is 2.72. The van der Waals surface area contributed by atoms with Gasteiger partial charge in [0.05, 0.1) is 6.04 Å². The maximum absolute atomic E-state index is 13.9. The van der Waals surface area contributed by atoms with Gasteiger partial charge in [0.15, 0.2) is 0 Å². The topological polar surface area (TPSA) is 15.3 Å². The number of hydrogen-bond donors (Lipinski definition) is 1. The average Bonchev–Trinajstić information content (AvgIpc) is 2.98. The van der Waals surface area contributed by atoms with Gasteiger partial charge in [-0.05, 0) is 35.6 Å². The van der Waals surface area contributed by atoms with E-state index < -0.39 is 0 Å². The number of hydrogen-bond acceptors (Lipinski definition) is 3. The molecule has 0 amide bonds. The molecular formula is C16H21Cl2FN2S. The molecule has 0 saturated carbocycles. The number of nitrogens with zero attached hydrogens (tertiary/aromatic N) is 1. The van der Waals surface area contributed by atoms with E-state index in [9.17, 15) is 4.39 Å². The zero-order valence-corrected chi connectivity index (χ0v) is 14.9. The molecule has 0 spiro atoms. The third kappa shape index (κ3) is 4.21. The summed E-state index contributed by atoms with van der Waals surface area (Å²) in [5, 5.41) is 5.47. The predicted molar refractivity (Wildman–Crippen MR) is 96.2 cm³/mol. The van der Waals surface area contributed by atoms with Crippen LogP contribution in [-0.2, 0) is 0 Å². The van der Waals surface area contributed by atoms with E-state index in [1.54, 1.807) is 17.4 Å². The van der Waals surface area contributed by atoms with Crippen LogP contribution in [0.5, 0.6) is 0 Å². The normalized spacial score (nSPS) is 16.5. The van der Waals surface area contributed by atoms with Crippen molar-refractivity contribution in [3.63, 3.8) is 0 Å². The molecule has 1 fully saturated rings. The molecule has 1 aromatic heterocycles. The number of aryl methyl sites for hydroxylation is 1. The standard InChI is InChI=1S/C16H19FN2S.2ClH/c1-12-4-5-13(11-14(12)17)16(15-3-2-10-20-15)19-8-6-18-7-9-19;;/h2-5,10-11,16,18H,6-9H2,1H3;2*1H/t16-;;/m0../s1. The lowest BCUT2D eigenvalue weighted by Gasteiger charge is -2.34. The van der Waals surface area contributed by atoms with Gasteiger partial charge in [-0.25, -0.2) is 4.39 Å². The second-order valence-corrected chi connectivity index (χ2v) is 6.19. The first kappa shape index (κ1) is 19.4. The van der Waals surface area contributed by atoms with Crippen molar-refractivity contribution in [3.8, 4) is 0 Å². The van der Waals surface area contributed by atoms with Gasteiger partial charge in [-0.1, -0.05) is 18.2 Å². The van der Waals surface area contributed by atoms with Crippen molar-refractivity contribution in [2.45, 2.75) is 13.0 Å². The summed E-state index contributed by atoms with van der Waals surface area (Å²) in [6, 6.07) is 10.0. The molecule has 0 unspecified atom stereocenters. The lowest BCUT2D eigenvalue weighted by Crippen LogP contribution is -2.45. The van der Waals surface area contributed by atoms with E-state index in [1.807, 2.05) is 13.0 Å². The fraction of sp³-hybridized carbons (Fsp3) is 0.375. The van der Waals surface area contributed by atoms with Crippen LogP contribution in [0.2, 0.25) is 0 Å². The van der Waals surface area contributed by atoms with Crippen molar-refractivity contribution in [3.05, 3.63) is 57.5 Å². The molecule has 2 aromatic rings. The highest BCUT2D eigenvalue weighted by Gasteiger charge is 2.25. The molecule has 1 aliphatic rings. The molecule has 2 heterocycles. The number of benzene rings is 1. The maximum atomic E-state index is 13.9. The van der Waals surface area contributed by atoms with E-state index in [1.165, 1.54) is 4.88 Å². The molecule has 1 saturated heterocycles. The number of thiophene rings is 1. The first-order valence-electron chi connectivity index (χ1n) is 7.00. The third-order valence-electron chi connectivity index (χ3n) is 3.84. The summed E-state index contributed by atoms with van der Waals surface area (Å²) in [6.45, 7) is 5.80. The predicted octanol–water partition coefficient (Wildman–Crippen LogP) is 4.03. The highest BCUT2D eigenvalue weighted by molar-refractivity contribution is 7.10. The molecule has 3 rings (SSSR count). The molecule has 22 heavy (non-hydrogen) atoms. The molecule has 0 bridgehead atoms. The minimum atomic E-state index is -0.112. The first-order chi connectivity index (χ1) is 9.75. The zero-order valence-electron chi connectivity index (χ0n) is 12.4. The van der Waals surface area contributed by atoms with Gasteiger partial charge in [-0.3, -0.25) is 4.90 Å². The summed E-state index contributed by atoms with van der Waals surface area (Å²) in [5.41, 5.74) is 1.76. The molecule has 0 radical (unpaired) electrons. The summed E-state index contributed by atoms with van der Waals surface area (Å²) < 4.78 is 13.9. The van der Waals surface area contributed by atoms with Gasteiger partial charge in [-0.2, -0.15) is 0 Å². The number of nitrogens with one attached hydrogen (secondary N) is 1. The summed E-state index contributed by atoms with van der Waals surface area (Å²) in [7, 11) is 0. The highest BCUT2D eigenvalue weighted by Crippen LogP contribution is 2.32. The Labute approximate surface area is 147 Å². The summed E-state index contributed by atoms with van der Waals surface area (Å²) in [5.74, 6) is -0.112. The van der Waals surface area contributed by atoms with E-state index >= 15 is 0 Å². The van der Waals surface area contributed by atoms with Gasteiger partial charge in [0.25, 0.3) is 0 Å². The zero-order chi connectivity index (χ0) is 13.9.